The van der Waals surface area contributed by atoms with Gasteiger partial charge < -0.3 is 11.1 Å². The first-order valence-corrected chi connectivity index (χ1v) is 8.39. The smallest absolute Gasteiger partial charge is 0.225 e. The number of carbonyl (C=O) groups excluding carboxylic acids is 1. The zero-order valence-corrected chi connectivity index (χ0v) is 13.8. The van der Waals surface area contributed by atoms with Crippen LogP contribution in [0.2, 0.25) is 0 Å². The number of nitrogen functional groups attached to an aromatic ring is 1. The highest BCUT2D eigenvalue weighted by Gasteiger charge is 2.32. The summed E-state index contributed by atoms with van der Waals surface area (Å²) in [7, 11) is 0. The molecule has 1 aromatic carbocycles. The zero-order valence-electron chi connectivity index (χ0n) is 13.0. The van der Waals surface area contributed by atoms with Gasteiger partial charge in [-0.05, 0) is 18.1 Å². The average molecular weight is 334 g/mol. The molecular weight excluding hydrogens is 320 g/mol. The van der Waals surface area contributed by atoms with Crippen LogP contribution in [0.25, 0.3) is 10.2 Å². The highest BCUT2D eigenvalue weighted by Crippen LogP contribution is 2.47. The van der Waals surface area contributed by atoms with Crippen LogP contribution in [0, 0.1) is 18.3 Å². The van der Waals surface area contributed by atoms with E-state index in [-0.39, 0.29) is 17.6 Å². The summed E-state index contributed by atoms with van der Waals surface area (Å²) in [6.07, 6.45) is 0.378. The van der Waals surface area contributed by atoms with Crippen LogP contribution in [0.3, 0.4) is 0 Å². The molecule has 1 amide bonds. The molecule has 3 N–H and O–H groups in total. The lowest BCUT2D eigenvalue weighted by Gasteiger charge is -2.23. The Bertz CT molecular complexity index is 1020. The molecule has 5 nitrogen and oxygen atoms in total. The summed E-state index contributed by atoms with van der Waals surface area (Å²) in [6.45, 7) is 1.88. The number of nitrogens with one attached hydrogen (secondary N) is 1. The average Bonchev–Trinajstić information content (AvgIpc) is 2.94. The molecule has 3 heterocycles. The fourth-order valence-electron chi connectivity index (χ4n) is 3.27. The molecule has 24 heavy (non-hydrogen) atoms. The summed E-state index contributed by atoms with van der Waals surface area (Å²) >= 11 is 1.47. The molecule has 1 aliphatic rings. The number of fused-ring (bicyclic) bond motifs is 3. The summed E-state index contributed by atoms with van der Waals surface area (Å²) in [5.41, 5.74) is 10.1. The number of thiophene rings is 1. The van der Waals surface area contributed by atoms with Crippen molar-refractivity contribution in [2.45, 2.75) is 19.3 Å². The summed E-state index contributed by atoms with van der Waals surface area (Å²) in [4.78, 5) is 16.7. The second-order valence-corrected chi connectivity index (χ2v) is 6.87. The van der Waals surface area contributed by atoms with Crippen LogP contribution in [0.5, 0.6) is 0 Å². The number of rotatable bonds is 1. The predicted molar refractivity (Wildman–Crippen MR) is 95.0 cm³/mol. The fourth-order valence-corrected chi connectivity index (χ4v) is 4.50. The van der Waals surface area contributed by atoms with Crippen LogP contribution < -0.4 is 11.1 Å². The molecule has 118 valence electrons. The van der Waals surface area contributed by atoms with Crippen molar-refractivity contribution in [1.29, 1.82) is 5.26 Å². The van der Waals surface area contributed by atoms with Crippen LogP contribution in [0.4, 0.5) is 10.8 Å². The summed E-state index contributed by atoms with van der Waals surface area (Å²) < 4.78 is 0.911. The lowest BCUT2D eigenvalue weighted by atomic mass is 9.86. The van der Waals surface area contributed by atoms with Crippen LogP contribution >= 0.6 is 11.3 Å². The molecular formula is C18H14N4OS. The summed E-state index contributed by atoms with van der Waals surface area (Å²) in [6, 6.07) is 12.1. The number of carbonyl (C=O) groups is 1. The molecule has 6 heteroatoms. The number of nitriles is 1. The van der Waals surface area contributed by atoms with E-state index in [2.05, 4.69) is 16.4 Å². The van der Waals surface area contributed by atoms with Crippen molar-refractivity contribution in [2.24, 2.45) is 0 Å². The predicted octanol–water partition coefficient (Wildman–Crippen LogP) is 3.53. The Labute approximate surface area is 142 Å². The third-order valence-electron chi connectivity index (χ3n) is 4.43. The van der Waals surface area contributed by atoms with Gasteiger partial charge >= 0.3 is 0 Å². The quantitative estimate of drug-likeness (QED) is 0.712. The molecule has 0 bridgehead atoms. The molecule has 1 atom stereocenters. The van der Waals surface area contributed by atoms with E-state index in [1.54, 1.807) is 0 Å². The monoisotopic (exact) mass is 334 g/mol. The minimum absolute atomic E-state index is 0.00552. The lowest BCUT2D eigenvalue weighted by Crippen LogP contribution is -2.22. The summed E-state index contributed by atoms with van der Waals surface area (Å²) in [5, 5.41) is 13.1. The highest BCUT2D eigenvalue weighted by atomic mass is 32.1. The third-order valence-corrected chi connectivity index (χ3v) is 5.66. The van der Waals surface area contributed by atoms with Crippen molar-refractivity contribution in [1.82, 2.24) is 4.98 Å². The Morgan fingerprint density at radius 1 is 1.38 bits per heavy atom. The normalized spacial score (nSPS) is 16.5. The number of aryl methyl sites for hydroxylation is 1. The Hall–Kier alpha value is -2.91. The molecule has 4 rings (SSSR count). The van der Waals surface area contributed by atoms with Crippen LogP contribution in [-0.2, 0) is 4.79 Å². The van der Waals surface area contributed by atoms with Crippen LogP contribution in [0.1, 0.15) is 34.6 Å². The zero-order chi connectivity index (χ0) is 16.8. The first-order chi connectivity index (χ1) is 11.6. The van der Waals surface area contributed by atoms with E-state index >= 15 is 0 Å². The van der Waals surface area contributed by atoms with E-state index < -0.39 is 0 Å². The van der Waals surface area contributed by atoms with Gasteiger partial charge in [0.2, 0.25) is 5.91 Å². The number of benzene rings is 1. The fraction of sp³-hybridized carbons (Fsp3) is 0.167. The maximum Gasteiger partial charge on any atom is 0.225 e. The minimum Gasteiger partial charge on any atom is -0.383 e. The molecule has 2 aromatic heterocycles. The van der Waals surface area contributed by atoms with Gasteiger partial charge in [-0.2, -0.15) is 5.26 Å². The van der Waals surface area contributed by atoms with E-state index in [1.165, 1.54) is 11.3 Å². The molecule has 3 aromatic rings. The van der Waals surface area contributed by atoms with E-state index in [0.717, 1.165) is 31.9 Å². The number of nitrogens with two attached hydrogens (primary N) is 1. The van der Waals surface area contributed by atoms with Gasteiger partial charge in [0.15, 0.2) is 0 Å². The SMILES string of the molecule is Cc1c(C#N)c(N)nc2c3c(sc12)NC(=O)C[C@@H]3c1ccccc1. The first kappa shape index (κ1) is 14.7. The van der Waals surface area contributed by atoms with Crippen LogP contribution in [-0.4, -0.2) is 10.9 Å². The number of hydrogen-bond donors (Lipinski definition) is 2. The molecule has 0 spiro atoms. The van der Waals surface area contributed by atoms with E-state index in [9.17, 15) is 10.1 Å². The molecule has 0 radical (unpaired) electrons. The number of amides is 1. The molecule has 0 saturated heterocycles. The number of pyridine rings is 1. The molecule has 0 aliphatic carbocycles. The number of anilines is 2. The minimum atomic E-state index is -0.0528. The van der Waals surface area contributed by atoms with E-state index in [0.29, 0.717) is 12.0 Å². The van der Waals surface area contributed by atoms with Gasteiger partial charge in [-0.25, -0.2) is 4.98 Å². The van der Waals surface area contributed by atoms with Crippen molar-refractivity contribution >= 4 is 38.3 Å². The number of aromatic nitrogens is 1. The van der Waals surface area contributed by atoms with Crippen molar-refractivity contribution in [3.05, 3.63) is 52.6 Å². The van der Waals surface area contributed by atoms with Gasteiger partial charge in [-0.1, -0.05) is 30.3 Å². The van der Waals surface area contributed by atoms with Gasteiger partial charge in [0.25, 0.3) is 0 Å². The molecule has 0 unspecified atom stereocenters. The molecule has 0 fully saturated rings. The third kappa shape index (κ3) is 2.06. The Morgan fingerprint density at radius 2 is 2.12 bits per heavy atom. The Morgan fingerprint density at radius 3 is 2.83 bits per heavy atom. The van der Waals surface area contributed by atoms with Gasteiger partial charge in [0.05, 0.1) is 15.8 Å². The van der Waals surface area contributed by atoms with Crippen molar-refractivity contribution in [3.8, 4) is 6.07 Å². The van der Waals surface area contributed by atoms with Gasteiger partial charge in [0.1, 0.15) is 16.9 Å². The maximum atomic E-state index is 12.2. The molecule has 0 saturated carbocycles. The van der Waals surface area contributed by atoms with E-state index in [4.69, 9.17) is 5.73 Å². The second kappa shape index (κ2) is 5.32. The Balaban J connectivity index is 2.03. The largest absolute Gasteiger partial charge is 0.383 e. The Kier molecular flexibility index (Phi) is 3.25. The van der Waals surface area contributed by atoms with Crippen LogP contribution in [0.15, 0.2) is 30.3 Å². The first-order valence-electron chi connectivity index (χ1n) is 7.57. The van der Waals surface area contributed by atoms with Crippen molar-refractivity contribution < 1.29 is 4.79 Å². The van der Waals surface area contributed by atoms with E-state index in [1.807, 2.05) is 37.3 Å². The summed E-state index contributed by atoms with van der Waals surface area (Å²) in [5.74, 6) is 0.184. The lowest BCUT2D eigenvalue weighted by molar-refractivity contribution is -0.116. The second-order valence-electron chi connectivity index (χ2n) is 5.85. The topological polar surface area (TPSA) is 91.8 Å². The molecule has 1 aliphatic heterocycles. The highest BCUT2D eigenvalue weighted by molar-refractivity contribution is 7.23. The standard InChI is InChI=1S/C18H14N4OS/c1-9-12(8-19)17(20)22-15-14-11(10-5-3-2-4-6-10)7-13(23)21-18(14)24-16(9)15/h2-6,11H,7H2,1H3,(H2,20,22)(H,21,23)/t11-/m1/s1. The number of nitrogens with zero attached hydrogens (tertiary/aromatic N) is 2. The van der Waals surface area contributed by atoms with Gasteiger partial charge in [-0.15, -0.1) is 11.3 Å². The van der Waals surface area contributed by atoms with Gasteiger partial charge in [-0.3, -0.25) is 4.79 Å². The maximum absolute atomic E-state index is 12.2. The van der Waals surface area contributed by atoms with Crippen molar-refractivity contribution in [2.75, 3.05) is 11.1 Å². The van der Waals surface area contributed by atoms with Crippen molar-refractivity contribution in [3.63, 3.8) is 0 Å². The van der Waals surface area contributed by atoms with Gasteiger partial charge in [0, 0.05) is 17.9 Å². The number of hydrogen-bond acceptors (Lipinski definition) is 5.